The Morgan fingerprint density at radius 1 is 1.18 bits per heavy atom. The molecular weight excluding hydrogens is 296 g/mol. The number of thiophene rings is 1. The van der Waals surface area contributed by atoms with Gasteiger partial charge in [-0.1, -0.05) is 12.1 Å². The maximum absolute atomic E-state index is 11.8. The van der Waals surface area contributed by atoms with Gasteiger partial charge in [0.25, 0.3) is 0 Å². The molecule has 0 radical (unpaired) electrons. The third-order valence-electron chi connectivity index (χ3n) is 3.05. The maximum Gasteiger partial charge on any atom is 0.248 e. The molecule has 1 heterocycles. The zero-order valence-corrected chi connectivity index (χ0v) is 13.4. The van der Waals surface area contributed by atoms with E-state index in [4.69, 9.17) is 0 Å². The number of nitrogens with zero attached hydrogens (tertiary/aromatic N) is 1. The number of hydrogen-bond acceptors (Lipinski definition) is 3. The maximum atomic E-state index is 11.8. The van der Waals surface area contributed by atoms with Crippen LogP contribution in [0.2, 0.25) is 0 Å². The van der Waals surface area contributed by atoms with E-state index >= 15 is 0 Å². The molecule has 2 amide bonds. The minimum Gasteiger partial charge on any atom is -0.349 e. The Balaban J connectivity index is 1.90. The van der Waals surface area contributed by atoms with Gasteiger partial charge in [0.15, 0.2) is 0 Å². The van der Waals surface area contributed by atoms with Crippen LogP contribution in [-0.2, 0) is 16.0 Å². The normalized spacial score (nSPS) is 10.6. The number of hydrogen-bond donors (Lipinski definition) is 1. The molecule has 22 heavy (non-hydrogen) atoms. The minimum absolute atomic E-state index is 0.0514. The monoisotopic (exact) mass is 314 g/mol. The Morgan fingerprint density at radius 3 is 2.50 bits per heavy atom. The van der Waals surface area contributed by atoms with Crippen molar-refractivity contribution in [2.45, 2.75) is 6.42 Å². The molecule has 0 saturated carbocycles. The number of likely N-dealkylation sites (N-methyl/N-ethyl adjacent to an activating group) is 1. The van der Waals surface area contributed by atoms with E-state index in [1.807, 2.05) is 29.0 Å². The predicted molar refractivity (Wildman–Crippen MR) is 90.8 cm³/mol. The predicted octanol–water partition coefficient (Wildman–Crippen LogP) is 3.03. The van der Waals surface area contributed by atoms with Gasteiger partial charge in [0.1, 0.15) is 0 Å². The smallest absolute Gasteiger partial charge is 0.248 e. The van der Waals surface area contributed by atoms with Crippen LogP contribution in [0.4, 0.5) is 5.69 Å². The van der Waals surface area contributed by atoms with Gasteiger partial charge in [-0.05, 0) is 46.2 Å². The quantitative estimate of drug-likeness (QED) is 0.862. The van der Waals surface area contributed by atoms with E-state index in [0.29, 0.717) is 12.1 Å². The summed E-state index contributed by atoms with van der Waals surface area (Å²) in [7, 11) is 3.47. The standard InChI is InChI=1S/C17H18N2O2S/c1-19(2)17(21)11-13-3-6-15(7-4-13)18-16(20)8-5-14-9-10-22-12-14/h3-10,12H,11H2,1-2H3,(H,18,20)/b8-5+. The molecule has 5 heteroatoms. The lowest BCUT2D eigenvalue weighted by atomic mass is 10.1. The summed E-state index contributed by atoms with van der Waals surface area (Å²) in [6.07, 6.45) is 3.64. The molecule has 2 aromatic rings. The lowest BCUT2D eigenvalue weighted by Crippen LogP contribution is -2.23. The highest BCUT2D eigenvalue weighted by Crippen LogP contribution is 2.12. The van der Waals surface area contributed by atoms with Gasteiger partial charge in [-0.2, -0.15) is 11.3 Å². The van der Waals surface area contributed by atoms with Crippen molar-refractivity contribution in [3.63, 3.8) is 0 Å². The molecule has 0 saturated heterocycles. The van der Waals surface area contributed by atoms with Crippen molar-refractivity contribution in [3.05, 3.63) is 58.3 Å². The average Bonchev–Trinajstić information content (AvgIpc) is 3.00. The van der Waals surface area contributed by atoms with Gasteiger partial charge in [0.2, 0.25) is 11.8 Å². The number of anilines is 1. The molecule has 1 aromatic carbocycles. The second kappa shape index (κ2) is 7.56. The molecular formula is C17H18N2O2S. The summed E-state index contributed by atoms with van der Waals surface area (Å²) in [5.41, 5.74) is 2.64. The van der Waals surface area contributed by atoms with Crippen LogP contribution in [-0.4, -0.2) is 30.8 Å². The first kappa shape index (κ1) is 16.0. The van der Waals surface area contributed by atoms with E-state index in [2.05, 4.69) is 5.32 Å². The van der Waals surface area contributed by atoms with Crippen molar-refractivity contribution in [3.8, 4) is 0 Å². The fraction of sp³-hybridized carbons (Fsp3) is 0.176. The van der Waals surface area contributed by atoms with Crippen LogP contribution in [0, 0.1) is 0 Å². The van der Waals surface area contributed by atoms with Crippen molar-refractivity contribution in [2.24, 2.45) is 0 Å². The fourth-order valence-electron chi connectivity index (χ4n) is 1.76. The highest BCUT2D eigenvalue weighted by Gasteiger charge is 2.05. The molecule has 1 N–H and O–H groups in total. The van der Waals surface area contributed by atoms with Crippen molar-refractivity contribution >= 4 is 34.9 Å². The van der Waals surface area contributed by atoms with Gasteiger partial charge in [-0.3, -0.25) is 9.59 Å². The van der Waals surface area contributed by atoms with E-state index in [9.17, 15) is 9.59 Å². The van der Waals surface area contributed by atoms with E-state index in [1.165, 1.54) is 6.08 Å². The molecule has 0 aliphatic carbocycles. The van der Waals surface area contributed by atoms with Gasteiger partial charge in [-0.25, -0.2) is 0 Å². The second-order valence-corrected chi connectivity index (χ2v) is 5.82. The molecule has 0 spiro atoms. The Labute approximate surface area is 134 Å². The van der Waals surface area contributed by atoms with E-state index in [1.54, 1.807) is 48.5 Å². The summed E-state index contributed by atoms with van der Waals surface area (Å²) in [4.78, 5) is 25.0. The van der Waals surface area contributed by atoms with Gasteiger partial charge in [0, 0.05) is 25.9 Å². The van der Waals surface area contributed by atoms with Crippen LogP contribution < -0.4 is 5.32 Å². The zero-order valence-electron chi connectivity index (χ0n) is 12.6. The largest absolute Gasteiger partial charge is 0.349 e. The van der Waals surface area contributed by atoms with Gasteiger partial charge in [-0.15, -0.1) is 0 Å². The Bertz CT molecular complexity index is 658. The third kappa shape index (κ3) is 4.86. The van der Waals surface area contributed by atoms with Crippen LogP contribution in [0.3, 0.4) is 0 Å². The third-order valence-corrected chi connectivity index (χ3v) is 3.75. The molecule has 0 aliphatic rings. The summed E-state index contributed by atoms with van der Waals surface area (Å²) in [5.74, 6) is -0.126. The van der Waals surface area contributed by atoms with Crippen LogP contribution in [0.25, 0.3) is 6.08 Å². The van der Waals surface area contributed by atoms with Crippen molar-refractivity contribution in [1.82, 2.24) is 4.90 Å². The highest BCUT2D eigenvalue weighted by molar-refractivity contribution is 7.08. The molecule has 0 fully saturated rings. The van der Waals surface area contributed by atoms with Crippen LogP contribution in [0.15, 0.2) is 47.2 Å². The fourth-order valence-corrected chi connectivity index (χ4v) is 2.39. The van der Waals surface area contributed by atoms with Gasteiger partial charge in [0.05, 0.1) is 6.42 Å². The van der Waals surface area contributed by atoms with Crippen LogP contribution in [0.1, 0.15) is 11.1 Å². The Kier molecular flexibility index (Phi) is 5.49. The lowest BCUT2D eigenvalue weighted by molar-refractivity contribution is -0.128. The first-order chi connectivity index (χ1) is 10.5. The highest BCUT2D eigenvalue weighted by atomic mass is 32.1. The summed E-state index contributed by atoms with van der Waals surface area (Å²) in [6, 6.07) is 9.24. The van der Waals surface area contributed by atoms with Crippen LogP contribution >= 0.6 is 11.3 Å². The molecule has 114 valence electrons. The number of nitrogens with one attached hydrogen (secondary N) is 1. The van der Waals surface area contributed by atoms with Gasteiger partial charge >= 0.3 is 0 Å². The van der Waals surface area contributed by atoms with Gasteiger partial charge < -0.3 is 10.2 Å². The molecule has 4 nitrogen and oxygen atoms in total. The summed E-state index contributed by atoms with van der Waals surface area (Å²) < 4.78 is 0. The molecule has 1 aromatic heterocycles. The zero-order chi connectivity index (χ0) is 15.9. The van der Waals surface area contributed by atoms with Crippen LogP contribution in [0.5, 0.6) is 0 Å². The molecule has 2 rings (SSSR count). The first-order valence-corrected chi connectivity index (χ1v) is 7.79. The number of carbonyl (C=O) groups is 2. The van der Waals surface area contributed by atoms with Crippen molar-refractivity contribution < 1.29 is 9.59 Å². The van der Waals surface area contributed by atoms with E-state index in [0.717, 1.165) is 11.1 Å². The number of carbonyl (C=O) groups excluding carboxylic acids is 2. The molecule has 0 aliphatic heterocycles. The molecule has 0 atom stereocenters. The SMILES string of the molecule is CN(C)C(=O)Cc1ccc(NC(=O)/C=C/c2ccsc2)cc1. The number of rotatable bonds is 5. The summed E-state index contributed by atoms with van der Waals surface area (Å²) >= 11 is 1.59. The topological polar surface area (TPSA) is 49.4 Å². The van der Waals surface area contributed by atoms with E-state index < -0.39 is 0 Å². The van der Waals surface area contributed by atoms with Crippen molar-refractivity contribution in [2.75, 3.05) is 19.4 Å². The Morgan fingerprint density at radius 2 is 1.91 bits per heavy atom. The average molecular weight is 314 g/mol. The molecule has 0 bridgehead atoms. The second-order valence-electron chi connectivity index (χ2n) is 5.04. The molecule has 0 unspecified atom stereocenters. The number of benzene rings is 1. The minimum atomic E-state index is -0.177. The van der Waals surface area contributed by atoms with E-state index in [-0.39, 0.29) is 11.8 Å². The summed E-state index contributed by atoms with van der Waals surface area (Å²) in [5, 5.41) is 6.73. The van der Waals surface area contributed by atoms with Crippen molar-refractivity contribution in [1.29, 1.82) is 0 Å². The number of amides is 2. The first-order valence-electron chi connectivity index (χ1n) is 6.85. The lowest BCUT2D eigenvalue weighted by Gasteiger charge is -2.10. The Hall–Kier alpha value is -2.40. The summed E-state index contributed by atoms with van der Waals surface area (Å²) in [6.45, 7) is 0.